The summed E-state index contributed by atoms with van der Waals surface area (Å²) >= 11 is -5.80. The Hall–Kier alpha value is -3.78. The van der Waals surface area contributed by atoms with Gasteiger partial charge in [0, 0.05) is 0 Å². The van der Waals surface area contributed by atoms with E-state index in [1.807, 2.05) is 6.88 Å². The summed E-state index contributed by atoms with van der Waals surface area (Å²) in [5.41, 5.74) is 16.4. The number of hydrogen-bond acceptors (Lipinski definition) is 0. The van der Waals surface area contributed by atoms with Crippen molar-refractivity contribution in [1.29, 1.82) is 0 Å². The first-order valence-electron chi connectivity index (χ1n) is 18.7. The molecule has 2 aliphatic carbocycles. The molecule has 0 heterocycles. The molecule has 53 heavy (non-hydrogen) atoms. The van der Waals surface area contributed by atoms with Crippen molar-refractivity contribution in [3.63, 3.8) is 0 Å². The zero-order valence-corrected chi connectivity index (χ0v) is 36.1. The molecule has 0 aliphatic heterocycles. The first-order chi connectivity index (χ1) is 25.4. The third kappa shape index (κ3) is 5.31. The van der Waals surface area contributed by atoms with E-state index in [4.69, 9.17) is 17.0 Å². The molecule has 2 aliphatic rings. The maximum atomic E-state index is 9.01. The predicted molar refractivity (Wildman–Crippen MR) is 231 cm³/mol. The van der Waals surface area contributed by atoms with Crippen molar-refractivity contribution < 1.29 is 13.5 Å². The van der Waals surface area contributed by atoms with Crippen molar-refractivity contribution in [3.05, 3.63) is 190 Å². The van der Waals surface area contributed by atoms with Gasteiger partial charge in [-0.1, -0.05) is 0 Å². The van der Waals surface area contributed by atoms with Gasteiger partial charge in [-0.2, -0.15) is 0 Å². The number of allylic oxidation sites excluding steroid dienone is 2. The summed E-state index contributed by atoms with van der Waals surface area (Å²) in [6.45, 7) is 11.1. The second-order valence-corrected chi connectivity index (χ2v) is 63.2. The molecule has 0 fully saturated rings. The third-order valence-electron chi connectivity index (χ3n) is 12.5. The molecule has 0 radical (unpaired) electrons. The maximum absolute atomic E-state index is 9.01. The molecule has 7 aromatic rings. The fraction of sp³-hybridized carbons (Fsp3) is 0.143. The van der Waals surface area contributed by atoms with Crippen LogP contribution in [0.15, 0.2) is 151 Å². The molecule has 4 heteroatoms. The van der Waals surface area contributed by atoms with E-state index in [-0.39, 0.29) is 7.25 Å². The second kappa shape index (κ2) is 12.1. The van der Waals surface area contributed by atoms with Crippen molar-refractivity contribution in [3.8, 4) is 22.3 Å². The Bertz CT molecular complexity index is 2660. The minimum atomic E-state index is -5.80. The van der Waals surface area contributed by atoms with Crippen LogP contribution < -0.4 is 0 Å². The van der Waals surface area contributed by atoms with Gasteiger partial charge in [-0.3, -0.25) is 0 Å². The van der Waals surface area contributed by atoms with Crippen LogP contribution in [0.5, 0.6) is 0 Å². The molecule has 0 saturated carbocycles. The average Bonchev–Trinajstić information content (AvgIpc) is 3.69. The van der Waals surface area contributed by atoms with E-state index in [2.05, 4.69) is 179 Å². The van der Waals surface area contributed by atoms with E-state index in [0.29, 0.717) is 4.13 Å². The predicted octanol–water partition coefficient (Wildman–Crippen LogP) is 13.8. The SMILES string of the molecule is CC1=Cc2c(ccc(C)c2-c2cccc3ccccc23)[CH]1[Zr](=[SiH2])([Cl])([Cl])([CH2]c1ccccc1)[CH]1C(C)=Cc2c1ccc(C)c2-c1cccc2ccccc12. The fourth-order valence-electron chi connectivity index (χ4n) is 10.6. The van der Waals surface area contributed by atoms with E-state index in [1.165, 1.54) is 93.9 Å². The topological polar surface area (TPSA) is 0 Å². The Labute approximate surface area is 319 Å². The van der Waals surface area contributed by atoms with Crippen LogP contribution in [-0.4, -0.2) is 6.88 Å². The van der Waals surface area contributed by atoms with Crippen LogP contribution in [0, 0.1) is 13.8 Å². The normalized spacial score (nSPS) is 17.9. The summed E-state index contributed by atoms with van der Waals surface area (Å²) in [5, 5.41) is 5.02. The number of benzene rings is 7. The van der Waals surface area contributed by atoms with Crippen LogP contribution in [0.25, 0.3) is 56.0 Å². The molecule has 0 amide bonds. The summed E-state index contributed by atoms with van der Waals surface area (Å²) < 4.78 is 0.441. The summed E-state index contributed by atoms with van der Waals surface area (Å²) in [5.74, 6) is 0. The van der Waals surface area contributed by atoms with Gasteiger partial charge in [0.2, 0.25) is 0 Å². The molecule has 7 aromatic carbocycles. The number of halogens is 2. The van der Waals surface area contributed by atoms with Crippen molar-refractivity contribution >= 4 is 57.6 Å². The van der Waals surface area contributed by atoms with Crippen molar-refractivity contribution in [1.82, 2.24) is 0 Å². The Balaban J connectivity index is 1.32. The summed E-state index contributed by atoms with van der Waals surface area (Å²) in [7, 11) is 18.0. The van der Waals surface area contributed by atoms with Gasteiger partial charge in [0.15, 0.2) is 0 Å². The van der Waals surface area contributed by atoms with E-state index in [0.717, 1.165) is 0 Å². The van der Waals surface area contributed by atoms with Gasteiger partial charge in [-0.15, -0.1) is 0 Å². The van der Waals surface area contributed by atoms with Crippen LogP contribution in [0.1, 0.15) is 60.0 Å². The van der Waals surface area contributed by atoms with Crippen LogP contribution >= 0.6 is 17.0 Å². The molecular formula is C49H43Cl2SiZr. The zero-order chi connectivity index (χ0) is 36.8. The van der Waals surface area contributed by atoms with E-state index < -0.39 is 13.5 Å². The minimum absolute atomic E-state index is 0.107. The van der Waals surface area contributed by atoms with Gasteiger partial charge < -0.3 is 0 Å². The molecule has 0 saturated heterocycles. The van der Waals surface area contributed by atoms with Crippen molar-refractivity contribution in [2.24, 2.45) is 0 Å². The van der Waals surface area contributed by atoms with Crippen LogP contribution in [0.2, 0.25) is 0 Å². The number of fused-ring (bicyclic) bond motifs is 4. The van der Waals surface area contributed by atoms with E-state index in [9.17, 15) is 0 Å². The van der Waals surface area contributed by atoms with Gasteiger partial charge in [0.05, 0.1) is 0 Å². The van der Waals surface area contributed by atoms with Gasteiger partial charge in [0.1, 0.15) is 0 Å². The Kier molecular flexibility index (Phi) is 7.99. The van der Waals surface area contributed by atoms with Crippen LogP contribution in [-0.2, 0) is 17.7 Å². The van der Waals surface area contributed by atoms with Crippen molar-refractivity contribution in [2.45, 2.75) is 39.1 Å². The molecular weight excluding hydrogens is 779 g/mol. The Morgan fingerprint density at radius 2 is 0.906 bits per heavy atom. The third-order valence-corrected chi connectivity index (χ3v) is 40.4. The fourth-order valence-corrected chi connectivity index (χ4v) is 44.5. The number of aryl methyl sites for hydroxylation is 2. The van der Waals surface area contributed by atoms with Gasteiger partial charge in [-0.25, -0.2) is 0 Å². The zero-order valence-electron chi connectivity index (χ0n) is 30.8. The first kappa shape index (κ1) is 35.0. The van der Waals surface area contributed by atoms with E-state index in [1.54, 1.807) is 0 Å². The molecule has 0 N–H and O–H groups in total. The summed E-state index contributed by atoms with van der Waals surface area (Å²) in [4.78, 5) is 0. The Morgan fingerprint density at radius 1 is 0.491 bits per heavy atom. The van der Waals surface area contributed by atoms with Crippen molar-refractivity contribution in [2.75, 3.05) is 0 Å². The summed E-state index contributed by atoms with van der Waals surface area (Å²) in [6.07, 6.45) is 4.85. The molecule has 0 bridgehead atoms. The molecule has 0 aromatic heterocycles. The van der Waals surface area contributed by atoms with Gasteiger partial charge in [-0.05, 0) is 0 Å². The van der Waals surface area contributed by atoms with Crippen LogP contribution in [0.3, 0.4) is 0 Å². The van der Waals surface area contributed by atoms with Gasteiger partial charge >= 0.3 is 322 Å². The molecule has 9 rings (SSSR count). The first-order valence-corrected chi connectivity index (χ1v) is 35.5. The van der Waals surface area contributed by atoms with Crippen LogP contribution in [0.4, 0.5) is 0 Å². The molecule has 2 unspecified atom stereocenters. The Morgan fingerprint density at radius 3 is 1.38 bits per heavy atom. The number of hydrogen-bond donors (Lipinski definition) is 0. The summed E-state index contributed by atoms with van der Waals surface area (Å²) in [6, 6.07) is 50.9. The molecule has 2 atom stereocenters. The standard InChI is InChI=1S/2C21H17.C7H7.2ClH.H2Si.Zr/c2*1-14-12-17-11-10-15(2)21(20(17)13-14)19-9-5-7-16-6-3-4-8-18(16)19;1-7-5-3-2-4-6-7;;;;/h2*3-13H,1-2H3;2-6H,1H2;2*1H;1H2;/q;;;;;;+2/p-2. The number of rotatable bonds is 6. The second-order valence-electron chi connectivity index (χ2n) is 16.2. The molecule has 0 nitrogen and oxygen atoms in total. The molecule has 261 valence electrons. The van der Waals surface area contributed by atoms with E-state index >= 15 is 0 Å². The quantitative estimate of drug-likeness (QED) is 0.147. The average molecular weight is 822 g/mol. The molecule has 0 spiro atoms. The van der Waals surface area contributed by atoms with Gasteiger partial charge in [0.25, 0.3) is 0 Å². The monoisotopic (exact) mass is 819 g/mol.